The van der Waals surface area contributed by atoms with Crippen molar-refractivity contribution in [2.24, 2.45) is 0 Å². The molecule has 1 atom stereocenters. The number of aromatic nitrogens is 1. The summed E-state index contributed by atoms with van der Waals surface area (Å²) in [6, 6.07) is 9.93. The van der Waals surface area contributed by atoms with Crippen LogP contribution in [0.2, 0.25) is 0 Å². The van der Waals surface area contributed by atoms with Crippen molar-refractivity contribution in [2.75, 3.05) is 13.1 Å². The first-order chi connectivity index (χ1) is 13.8. The van der Waals surface area contributed by atoms with Crippen LogP contribution in [0.15, 0.2) is 66.3 Å². The number of hydrogen-bond acceptors (Lipinski definition) is 5. The number of carbonyl (C=O) groups excluding carboxylic acids is 2. The maximum Gasteiger partial charge on any atom is 0.309 e. The molecule has 1 aromatic heterocycles. The van der Waals surface area contributed by atoms with Crippen molar-refractivity contribution in [3.8, 4) is 0 Å². The Balaban J connectivity index is 2.29. The van der Waals surface area contributed by atoms with Gasteiger partial charge < -0.3 is 10.6 Å². The van der Waals surface area contributed by atoms with Crippen molar-refractivity contribution in [2.45, 2.75) is 29.9 Å². The Hall–Kier alpha value is -3.00. The van der Waals surface area contributed by atoms with Crippen LogP contribution in [0.3, 0.4) is 0 Å². The number of hydrogen-bond donors (Lipinski definition) is 2. The van der Waals surface area contributed by atoms with Gasteiger partial charge in [-0.2, -0.15) is 0 Å². The van der Waals surface area contributed by atoms with Crippen LogP contribution in [0.4, 0.5) is 0 Å². The molecular formula is C21H25N3O4S. The van der Waals surface area contributed by atoms with Crippen LogP contribution in [0.5, 0.6) is 0 Å². The lowest BCUT2D eigenvalue weighted by molar-refractivity contribution is -0.139. The summed E-state index contributed by atoms with van der Waals surface area (Å²) in [6.45, 7) is 7.38. The number of nitrogens with one attached hydrogen (secondary N) is 2. The van der Waals surface area contributed by atoms with Crippen LogP contribution in [0.25, 0.3) is 0 Å². The van der Waals surface area contributed by atoms with E-state index in [1.807, 2.05) is 13.8 Å². The van der Waals surface area contributed by atoms with Gasteiger partial charge in [0.15, 0.2) is 9.84 Å². The molecule has 8 heteroatoms. The predicted molar refractivity (Wildman–Crippen MR) is 111 cm³/mol. The summed E-state index contributed by atoms with van der Waals surface area (Å²) in [7, 11) is -3.84. The van der Waals surface area contributed by atoms with Gasteiger partial charge in [-0.05, 0) is 35.2 Å². The van der Waals surface area contributed by atoms with E-state index in [1.165, 1.54) is 18.5 Å². The molecule has 1 aromatic carbocycles. The van der Waals surface area contributed by atoms with Crippen LogP contribution in [-0.2, 0) is 19.4 Å². The minimum atomic E-state index is -3.84. The molecule has 0 aliphatic rings. The van der Waals surface area contributed by atoms with Gasteiger partial charge in [0.05, 0.1) is 4.90 Å². The molecule has 0 saturated heterocycles. The second kappa shape index (κ2) is 9.97. The Kier molecular flexibility index (Phi) is 7.67. The largest absolute Gasteiger partial charge is 0.346 e. The zero-order chi connectivity index (χ0) is 21.4. The molecule has 2 rings (SSSR count). The smallest absolute Gasteiger partial charge is 0.309 e. The third-order valence-electron chi connectivity index (χ3n) is 4.37. The predicted octanol–water partition coefficient (Wildman–Crippen LogP) is 2.14. The second-order valence-corrected chi connectivity index (χ2v) is 8.88. The lowest BCUT2D eigenvalue weighted by atomic mass is 10.0. The maximum atomic E-state index is 13.3. The van der Waals surface area contributed by atoms with Crippen molar-refractivity contribution < 1.29 is 18.0 Å². The molecule has 29 heavy (non-hydrogen) atoms. The molecule has 0 saturated carbocycles. The molecule has 154 valence electrons. The van der Waals surface area contributed by atoms with E-state index in [0.29, 0.717) is 5.56 Å². The summed E-state index contributed by atoms with van der Waals surface area (Å²) in [4.78, 5) is 27.9. The number of carbonyl (C=O) groups is 2. The summed E-state index contributed by atoms with van der Waals surface area (Å²) in [6.07, 6.45) is 4.41. The molecule has 2 N–H and O–H groups in total. The number of pyridine rings is 1. The fraction of sp³-hybridized carbons (Fsp3) is 0.286. The molecule has 0 unspecified atom stereocenters. The van der Waals surface area contributed by atoms with E-state index in [9.17, 15) is 18.0 Å². The average Bonchev–Trinajstić information content (AvgIpc) is 2.72. The van der Waals surface area contributed by atoms with Crippen molar-refractivity contribution >= 4 is 21.7 Å². The number of rotatable bonds is 8. The summed E-state index contributed by atoms with van der Waals surface area (Å²) >= 11 is 0. The Morgan fingerprint density at radius 3 is 2.28 bits per heavy atom. The topological polar surface area (TPSA) is 105 Å². The highest BCUT2D eigenvalue weighted by atomic mass is 32.2. The highest BCUT2D eigenvalue weighted by Crippen LogP contribution is 2.29. The van der Waals surface area contributed by atoms with Crippen LogP contribution in [-0.4, -0.2) is 38.3 Å². The quantitative estimate of drug-likeness (QED) is 0.508. The van der Waals surface area contributed by atoms with Crippen molar-refractivity contribution in [1.29, 1.82) is 0 Å². The normalized spacial score (nSPS) is 12.2. The zero-order valence-corrected chi connectivity index (χ0v) is 17.3. The monoisotopic (exact) mass is 415 g/mol. The Bertz CT molecular complexity index is 955. The minimum absolute atomic E-state index is 0.138. The van der Waals surface area contributed by atoms with Gasteiger partial charge in [0, 0.05) is 25.5 Å². The number of benzene rings is 1. The summed E-state index contributed by atoms with van der Waals surface area (Å²) in [5, 5.41) is 3.67. The number of amides is 2. The summed E-state index contributed by atoms with van der Waals surface area (Å²) in [5.74, 6) is -1.49. The van der Waals surface area contributed by atoms with Crippen molar-refractivity contribution in [1.82, 2.24) is 15.6 Å². The fourth-order valence-corrected chi connectivity index (χ4v) is 4.34. The molecule has 2 amide bonds. The Labute approximate surface area is 171 Å². The number of nitrogens with zero attached hydrogens (tertiary/aromatic N) is 1. The highest BCUT2D eigenvalue weighted by Gasteiger charge is 2.30. The van der Waals surface area contributed by atoms with Gasteiger partial charge in [0.2, 0.25) is 0 Å². The van der Waals surface area contributed by atoms with Gasteiger partial charge in [0.25, 0.3) is 0 Å². The number of sulfone groups is 1. The van der Waals surface area contributed by atoms with Gasteiger partial charge in [-0.3, -0.25) is 14.6 Å². The van der Waals surface area contributed by atoms with E-state index in [0.717, 1.165) is 5.56 Å². The van der Waals surface area contributed by atoms with E-state index in [4.69, 9.17) is 0 Å². The molecule has 0 bridgehead atoms. The molecule has 0 aliphatic heterocycles. The highest BCUT2D eigenvalue weighted by molar-refractivity contribution is 7.91. The van der Waals surface area contributed by atoms with Crippen LogP contribution < -0.4 is 10.6 Å². The molecule has 0 aliphatic carbocycles. The van der Waals surface area contributed by atoms with Crippen molar-refractivity contribution in [3.05, 3.63) is 72.6 Å². The zero-order valence-electron chi connectivity index (χ0n) is 16.5. The third kappa shape index (κ3) is 5.74. The molecule has 0 radical (unpaired) electrons. The lowest BCUT2D eigenvalue weighted by Gasteiger charge is -2.19. The fourth-order valence-electron chi connectivity index (χ4n) is 2.69. The van der Waals surface area contributed by atoms with E-state index in [-0.39, 0.29) is 23.9 Å². The van der Waals surface area contributed by atoms with Crippen LogP contribution in [0, 0.1) is 0 Å². The first kappa shape index (κ1) is 22.3. The summed E-state index contributed by atoms with van der Waals surface area (Å²) < 4.78 is 26.6. The summed E-state index contributed by atoms with van der Waals surface area (Å²) in [5.41, 5.74) is 1.45. The average molecular weight is 416 g/mol. The molecule has 1 heterocycles. The molecule has 0 spiro atoms. The standard InChI is InChI=1S/C21H25N3O4S/c1-4-11-23-20(25)21(26)24-14-19(17-6-5-12-22-13-17)29(27,28)18-9-7-16(8-10-18)15(2)3/h4-10,12-13,15,19H,1,11,14H2,2-3H3,(H,23,25)(H,24,26)/t19-/m1/s1. The molecular weight excluding hydrogens is 390 g/mol. The molecule has 2 aromatic rings. The molecule has 0 fully saturated rings. The van der Waals surface area contributed by atoms with Crippen LogP contribution >= 0.6 is 0 Å². The Morgan fingerprint density at radius 2 is 1.72 bits per heavy atom. The first-order valence-electron chi connectivity index (χ1n) is 9.18. The van der Waals surface area contributed by atoms with E-state index < -0.39 is 26.9 Å². The first-order valence-corrected chi connectivity index (χ1v) is 10.7. The third-order valence-corrected chi connectivity index (χ3v) is 6.48. The van der Waals surface area contributed by atoms with Crippen molar-refractivity contribution in [3.63, 3.8) is 0 Å². The SMILES string of the molecule is C=CCNC(=O)C(=O)NC[C@H](c1cccnc1)S(=O)(=O)c1ccc(C(C)C)cc1. The van der Waals surface area contributed by atoms with E-state index in [2.05, 4.69) is 22.2 Å². The maximum absolute atomic E-state index is 13.3. The van der Waals surface area contributed by atoms with E-state index >= 15 is 0 Å². The Morgan fingerprint density at radius 1 is 1.07 bits per heavy atom. The van der Waals surface area contributed by atoms with E-state index in [1.54, 1.807) is 36.4 Å². The van der Waals surface area contributed by atoms with Gasteiger partial charge >= 0.3 is 11.8 Å². The van der Waals surface area contributed by atoms with Gasteiger partial charge in [-0.25, -0.2) is 8.42 Å². The van der Waals surface area contributed by atoms with Gasteiger partial charge in [-0.1, -0.05) is 38.1 Å². The van der Waals surface area contributed by atoms with Crippen LogP contribution in [0.1, 0.15) is 36.1 Å². The second-order valence-electron chi connectivity index (χ2n) is 6.75. The molecule has 7 nitrogen and oxygen atoms in total. The lowest BCUT2D eigenvalue weighted by Crippen LogP contribution is -2.42. The van der Waals surface area contributed by atoms with Gasteiger partial charge in [0.1, 0.15) is 5.25 Å². The van der Waals surface area contributed by atoms with Gasteiger partial charge in [-0.15, -0.1) is 6.58 Å². The minimum Gasteiger partial charge on any atom is -0.346 e.